The van der Waals surface area contributed by atoms with Crippen molar-refractivity contribution in [2.24, 2.45) is 11.8 Å². The van der Waals surface area contributed by atoms with Gasteiger partial charge in [0.05, 0.1) is 6.61 Å². The topological polar surface area (TPSA) is 77.4 Å². The van der Waals surface area contributed by atoms with E-state index in [0.29, 0.717) is 18.4 Å². The SMILES string of the molecule is OC(O)C1OC(C2CCCCC2)OC2COC(C3CCCCC3)OC21. The number of aliphatic hydroxyl groups excluding tert-OH is 1. The van der Waals surface area contributed by atoms with Crippen LogP contribution in [-0.2, 0) is 18.9 Å². The minimum atomic E-state index is -1.56. The van der Waals surface area contributed by atoms with E-state index in [4.69, 9.17) is 18.9 Å². The molecule has 144 valence electrons. The lowest BCUT2D eigenvalue weighted by molar-refractivity contribution is -0.393. The van der Waals surface area contributed by atoms with E-state index in [1.165, 1.54) is 38.5 Å². The van der Waals surface area contributed by atoms with Crippen LogP contribution in [0.5, 0.6) is 0 Å². The fourth-order valence-electron chi connectivity index (χ4n) is 4.93. The van der Waals surface area contributed by atoms with Gasteiger partial charge in [-0.2, -0.15) is 0 Å². The average Bonchev–Trinajstić information content (AvgIpc) is 2.68. The summed E-state index contributed by atoms with van der Waals surface area (Å²) in [6.45, 7) is 0.446. The van der Waals surface area contributed by atoms with Gasteiger partial charge in [-0.15, -0.1) is 0 Å². The Morgan fingerprint density at radius 1 is 0.680 bits per heavy atom. The number of hydrogen-bond donors (Lipinski definition) is 2. The molecule has 6 nitrogen and oxygen atoms in total. The second kappa shape index (κ2) is 8.19. The Hall–Kier alpha value is -0.240. The molecule has 2 heterocycles. The van der Waals surface area contributed by atoms with Crippen LogP contribution in [0.15, 0.2) is 0 Å². The molecule has 6 heteroatoms. The molecule has 2 aliphatic carbocycles. The van der Waals surface area contributed by atoms with Crippen LogP contribution in [0, 0.1) is 11.8 Å². The van der Waals surface area contributed by atoms with Crippen LogP contribution in [0.1, 0.15) is 64.2 Å². The Morgan fingerprint density at radius 2 is 1.28 bits per heavy atom. The highest BCUT2D eigenvalue weighted by molar-refractivity contribution is 4.90. The van der Waals surface area contributed by atoms with E-state index in [0.717, 1.165) is 25.7 Å². The van der Waals surface area contributed by atoms with Crippen LogP contribution in [0.2, 0.25) is 0 Å². The molecular formula is C19H32O6. The molecule has 4 rings (SSSR count). The van der Waals surface area contributed by atoms with Gasteiger partial charge in [-0.3, -0.25) is 0 Å². The van der Waals surface area contributed by atoms with Gasteiger partial charge < -0.3 is 29.2 Å². The summed E-state index contributed by atoms with van der Waals surface area (Å²) in [5.41, 5.74) is 0. The predicted molar refractivity (Wildman–Crippen MR) is 89.5 cm³/mol. The highest BCUT2D eigenvalue weighted by Crippen LogP contribution is 2.38. The van der Waals surface area contributed by atoms with Crippen molar-refractivity contribution in [3.63, 3.8) is 0 Å². The fourth-order valence-corrected chi connectivity index (χ4v) is 4.93. The summed E-state index contributed by atoms with van der Waals surface area (Å²) in [4.78, 5) is 0. The van der Waals surface area contributed by atoms with Gasteiger partial charge in [0.25, 0.3) is 0 Å². The van der Waals surface area contributed by atoms with Crippen LogP contribution in [-0.4, -0.2) is 54.0 Å². The molecule has 0 aromatic carbocycles. The smallest absolute Gasteiger partial charge is 0.181 e. The lowest BCUT2D eigenvalue weighted by Crippen LogP contribution is -2.62. The summed E-state index contributed by atoms with van der Waals surface area (Å²) < 4.78 is 24.3. The highest BCUT2D eigenvalue weighted by Gasteiger charge is 2.50. The van der Waals surface area contributed by atoms with Gasteiger partial charge in [-0.25, -0.2) is 0 Å². The molecule has 0 bridgehead atoms. The maximum absolute atomic E-state index is 9.88. The number of rotatable bonds is 3. The van der Waals surface area contributed by atoms with Gasteiger partial charge in [0, 0.05) is 11.8 Å². The molecule has 0 radical (unpaired) electrons. The van der Waals surface area contributed by atoms with Crippen molar-refractivity contribution in [2.75, 3.05) is 6.61 Å². The van der Waals surface area contributed by atoms with E-state index >= 15 is 0 Å². The van der Waals surface area contributed by atoms with Gasteiger partial charge in [0.2, 0.25) is 0 Å². The molecule has 2 saturated heterocycles. The maximum atomic E-state index is 9.88. The number of fused-ring (bicyclic) bond motifs is 1. The average molecular weight is 356 g/mol. The van der Waals surface area contributed by atoms with E-state index in [1.54, 1.807) is 0 Å². The Labute approximate surface area is 149 Å². The number of ether oxygens (including phenoxy) is 4. The van der Waals surface area contributed by atoms with Crippen molar-refractivity contribution in [1.82, 2.24) is 0 Å². The first-order chi connectivity index (χ1) is 12.2. The standard InChI is InChI=1S/C19H32O6/c20-17(21)16-15-14(23-19(25-16)13-9-5-2-6-10-13)11-22-18(24-15)12-7-3-1-4-8-12/h12-21H,1-11H2. The zero-order valence-electron chi connectivity index (χ0n) is 14.9. The summed E-state index contributed by atoms with van der Waals surface area (Å²) in [5, 5.41) is 19.8. The van der Waals surface area contributed by atoms with Crippen LogP contribution >= 0.6 is 0 Å². The van der Waals surface area contributed by atoms with Crippen LogP contribution < -0.4 is 0 Å². The zero-order chi connectivity index (χ0) is 17.2. The second-order valence-electron chi connectivity index (χ2n) is 8.16. The van der Waals surface area contributed by atoms with Crippen molar-refractivity contribution < 1.29 is 29.2 Å². The van der Waals surface area contributed by atoms with Gasteiger partial charge in [-0.1, -0.05) is 38.5 Å². The molecule has 5 unspecified atom stereocenters. The molecule has 2 saturated carbocycles. The molecule has 4 aliphatic rings. The first-order valence-corrected chi connectivity index (χ1v) is 10.2. The number of hydrogen-bond acceptors (Lipinski definition) is 6. The third-order valence-electron chi connectivity index (χ3n) is 6.37. The predicted octanol–water partition coefficient (Wildman–Crippen LogP) is 2.31. The lowest BCUT2D eigenvalue weighted by atomic mass is 9.87. The van der Waals surface area contributed by atoms with Gasteiger partial charge in [0.15, 0.2) is 18.9 Å². The van der Waals surface area contributed by atoms with Gasteiger partial charge in [-0.05, 0) is 25.7 Å². The lowest BCUT2D eigenvalue weighted by Gasteiger charge is -2.49. The second-order valence-corrected chi connectivity index (χ2v) is 8.16. The summed E-state index contributed by atoms with van der Waals surface area (Å²) in [6, 6.07) is 0. The third-order valence-corrected chi connectivity index (χ3v) is 6.37. The van der Waals surface area contributed by atoms with Crippen LogP contribution in [0.3, 0.4) is 0 Å². The summed E-state index contributed by atoms with van der Waals surface area (Å²) >= 11 is 0. The molecule has 0 aromatic heterocycles. The van der Waals surface area contributed by atoms with Gasteiger partial charge in [0.1, 0.15) is 18.3 Å². The normalized spacial score (nSPS) is 41.6. The first-order valence-electron chi connectivity index (χ1n) is 10.2. The van der Waals surface area contributed by atoms with Crippen molar-refractivity contribution in [2.45, 2.75) is 101 Å². The fraction of sp³-hybridized carbons (Fsp3) is 1.00. The van der Waals surface area contributed by atoms with Crippen molar-refractivity contribution in [3.8, 4) is 0 Å². The summed E-state index contributed by atoms with van der Waals surface area (Å²) in [5.74, 6) is 0.717. The molecule has 0 amide bonds. The molecule has 2 aliphatic heterocycles. The molecule has 0 aromatic rings. The Kier molecular flexibility index (Phi) is 5.94. The minimum Gasteiger partial charge on any atom is -0.366 e. The van der Waals surface area contributed by atoms with Crippen molar-refractivity contribution in [3.05, 3.63) is 0 Å². The van der Waals surface area contributed by atoms with E-state index in [9.17, 15) is 10.2 Å². The number of aliphatic hydroxyl groups is 2. The van der Waals surface area contributed by atoms with E-state index in [2.05, 4.69) is 0 Å². The van der Waals surface area contributed by atoms with Crippen LogP contribution in [0.25, 0.3) is 0 Å². The molecule has 5 atom stereocenters. The molecule has 0 spiro atoms. The van der Waals surface area contributed by atoms with Crippen molar-refractivity contribution >= 4 is 0 Å². The summed E-state index contributed by atoms with van der Waals surface area (Å²) in [6.07, 6.45) is 7.96. The van der Waals surface area contributed by atoms with Crippen molar-refractivity contribution in [1.29, 1.82) is 0 Å². The monoisotopic (exact) mass is 356 g/mol. The zero-order valence-corrected chi connectivity index (χ0v) is 14.9. The largest absolute Gasteiger partial charge is 0.366 e. The quantitative estimate of drug-likeness (QED) is 0.756. The van der Waals surface area contributed by atoms with E-state index < -0.39 is 18.5 Å². The third kappa shape index (κ3) is 4.04. The molecule has 25 heavy (non-hydrogen) atoms. The van der Waals surface area contributed by atoms with Crippen LogP contribution in [0.4, 0.5) is 0 Å². The first kappa shape index (κ1) is 18.1. The Balaban J connectivity index is 1.42. The maximum Gasteiger partial charge on any atom is 0.181 e. The molecular weight excluding hydrogens is 324 g/mol. The van der Waals surface area contributed by atoms with Gasteiger partial charge >= 0.3 is 0 Å². The van der Waals surface area contributed by atoms with E-state index in [1.807, 2.05) is 0 Å². The summed E-state index contributed by atoms with van der Waals surface area (Å²) in [7, 11) is 0. The van der Waals surface area contributed by atoms with E-state index in [-0.39, 0.29) is 18.7 Å². The minimum absolute atomic E-state index is 0.277. The Bertz CT molecular complexity index is 418. The molecule has 4 fully saturated rings. The Morgan fingerprint density at radius 3 is 1.88 bits per heavy atom. The molecule has 2 N–H and O–H groups in total. The highest BCUT2D eigenvalue weighted by atomic mass is 16.8.